The van der Waals surface area contributed by atoms with Crippen molar-refractivity contribution in [2.24, 2.45) is 0 Å². The standard InChI is InChI=1S/C23H53NO5Si2/c1-7-16-25-23(6,26-17-8-2)30-21-12-14-24-15-13-22-31(27-18-9-3,28-19-10-4)29-20-11-5/h24H,7-22,30H2,1-6H3. The lowest BCUT2D eigenvalue weighted by Crippen LogP contribution is -2.47. The minimum absolute atomic E-state index is 0.304. The van der Waals surface area contributed by atoms with Gasteiger partial charge in [-0.25, -0.2) is 0 Å². The quantitative estimate of drug-likeness (QED) is 0.123. The van der Waals surface area contributed by atoms with Crippen LogP contribution in [0.15, 0.2) is 0 Å². The molecule has 0 aromatic rings. The molecule has 0 aliphatic rings. The van der Waals surface area contributed by atoms with E-state index in [1.807, 2.05) is 0 Å². The first-order chi connectivity index (χ1) is 15.0. The molecule has 0 aromatic carbocycles. The third-order valence-corrected chi connectivity index (χ3v) is 9.94. The second kappa shape index (κ2) is 20.8. The maximum atomic E-state index is 6.17. The van der Waals surface area contributed by atoms with Crippen molar-refractivity contribution >= 4 is 18.3 Å². The molecule has 8 heteroatoms. The third kappa shape index (κ3) is 16.5. The summed E-state index contributed by atoms with van der Waals surface area (Å²) in [5, 5.41) is 3.60. The summed E-state index contributed by atoms with van der Waals surface area (Å²) in [6, 6.07) is 2.12. The summed E-state index contributed by atoms with van der Waals surface area (Å²) in [5.41, 5.74) is -0.304. The predicted octanol–water partition coefficient (Wildman–Crippen LogP) is 4.69. The molecular weight excluding hydrogens is 426 g/mol. The molecule has 0 unspecified atom stereocenters. The Kier molecular flexibility index (Phi) is 20.9. The van der Waals surface area contributed by atoms with Crippen LogP contribution in [-0.4, -0.2) is 69.9 Å². The van der Waals surface area contributed by atoms with E-state index < -0.39 is 18.3 Å². The fourth-order valence-electron chi connectivity index (χ4n) is 3.19. The SMILES string of the molecule is CCCOC(C)(OCCC)[SiH2]CCCNCCC[Si](OCCC)(OCCC)OCCC. The van der Waals surface area contributed by atoms with E-state index in [1.54, 1.807) is 0 Å². The van der Waals surface area contributed by atoms with Crippen molar-refractivity contribution in [3.05, 3.63) is 0 Å². The van der Waals surface area contributed by atoms with Gasteiger partial charge in [0, 0.05) is 39.1 Å². The zero-order chi connectivity index (χ0) is 23.3. The van der Waals surface area contributed by atoms with E-state index in [4.69, 9.17) is 22.8 Å². The van der Waals surface area contributed by atoms with Gasteiger partial charge in [-0.1, -0.05) is 40.7 Å². The molecule has 0 aliphatic heterocycles. The average molecular weight is 480 g/mol. The summed E-state index contributed by atoms with van der Waals surface area (Å²) in [6.07, 6.45) is 7.26. The molecule has 0 fully saturated rings. The minimum atomic E-state index is -2.55. The molecule has 0 radical (unpaired) electrons. The molecule has 31 heavy (non-hydrogen) atoms. The van der Waals surface area contributed by atoms with Gasteiger partial charge in [0.15, 0.2) is 0 Å². The zero-order valence-corrected chi connectivity index (χ0v) is 24.0. The molecule has 0 saturated carbocycles. The van der Waals surface area contributed by atoms with Gasteiger partial charge in [0.05, 0.1) is 9.52 Å². The summed E-state index contributed by atoms with van der Waals surface area (Å²) in [7, 11) is -2.99. The van der Waals surface area contributed by atoms with Crippen LogP contribution >= 0.6 is 0 Å². The fourth-order valence-corrected chi connectivity index (χ4v) is 7.74. The molecule has 0 atom stereocenters. The fraction of sp³-hybridized carbons (Fsp3) is 1.00. The van der Waals surface area contributed by atoms with Crippen LogP contribution in [-0.2, 0) is 22.8 Å². The molecule has 0 heterocycles. The van der Waals surface area contributed by atoms with E-state index in [0.717, 1.165) is 90.7 Å². The number of ether oxygens (including phenoxy) is 2. The van der Waals surface area contributed by atoms with Gasteiger partial charge in [0.2, 0.25) is 0 Å². The highest BCUT2D eigenvalue weighted by Gasteiger charge is 2.40. The Labute approximate surface area is 196 Å². The van der Waals surface area contributed by atoms with Crippen LogP contribution in [0.5, 0.6) is 0 Å². The Morgan fingerprint density at radius 1 is 0.677 bits per heavy atom. The van der Waals surface area contributed by atoms with Gasteiger partial charge >= 0.3 is 8.80 Å². The first-order valence-electron chi connectivity index (χ1n) is 12.9. The van der Waals surface area contributed by atoms with Crippen molar-refractivity contribution in [2.75, 3.05) is 46.1 Å². The summed E-state index contributed by atoms with van der Waals surface area (Å²) in [5.74, 6) is 0. The smallest absolute Gasteiger partial charge is 0.373 e. The average Bonchev–Trinajstić information content (AvgIpc) is 2.78. The monoisotopic (exact) mass is 479 g/mol. The summed E-state index contributed by atoms with van der Waals surface area (Å²) in [4.78, 5) is 0. The molecule has 0 saturated heterocycles. The molecule has 188 valence electrons. The molecule has 0 bridgehead atoms. The Morgan fingerprint density at radius 3 is 1.58 bits per heavy atom. The molecule has 0 amide bonds. The van der Waals surface area contributed by atoms with Gasteiger partial charge in [-0.05, 0) is 65.0 Å². The van der Waals surface area contributed by atoms with Crippen molar-refractivity contribution < 1.29 is 22.8 Å². The Balaban J connectivity index is 4.25. The minimum Gasteiger partial charge on any atom is -0.373 e. The van der Waals surface area contributed by atoms with Crippen LogP contribution in [0.2, 0.25) is 12.1 Å². The van der Waals surface area contributed by atoms with Gasteiger partial charge in [0.1, 0.15) is 5.41 Å². The topological polar surface area (TPSA) is 58.2 Å². The Morgan fingerprint density at radius 2 is 1.13 bits per heavy atom. The molecule has 0 aliphatic carbocycles. The largest absolute Gasteiger partial charge is 0.501 e. The van der Waals surface area contributed by atoms with Crippen molar-refractivity contribution in [2.45, 2.75) is 104 Å². The number of hydrogen-bond donors (Lipinski definition) is 1. The van der Waals surface area contributed by atoms with E-state index in [0.29, 0.717) is 0 Å². The highest BCUT2D eigenvalue weighted by atomic mass is 28.4. The van der Waals surface area contributed by atoms with Crippen LogP contribution in [0.25, 0.3) is 0 Å². The van der Waals surface area contributed by atoms with Gasteiger partial charge in [0.25, 0.3) is 0 Å². The molecule has 6 nitrogen and oxygen atoms in total. The second-order valence-electron chi connectivity index (χ2n) is 8.37. The molecular formula is C23H53NO5Si2. The van der Waals surface area contributed by atoms with Gasteiger partial charge < -0.3 is 28.1 Å². The molecule has 1 N–H and O–H groups in total. The van der Waals surface area contributed by atoms with Crippen LogP contribution in [0.4, 0.5) is 0 Å². The molecule has 0 spiro atoms. The maximum absolute atomic E-state index is 6.17. The van der Waals surface area contributed by atoms with Crippen LogP contribution in [0.1, 0.15) is 86.5 Å². The van der Waals surface area contributed by atoms with Gasteiger partial charge in [-0.2, -0.15) is 0 Å². The first-order valence-corrected chi connectivity index (χ1v) is 16.6. The number of nitrogens with one attached hydrogen (secondary N) is 1. The first kappa shape index (κ1) is 31.2. The lowest BCUT2D eigenvalue weighted by atomic mass is 10.4. The van der Waals surface area contributed by atoms with Crippen molar-refractivity contribution in [3.63, 3.8) is 0 Å². The van der Waals surface area contributed by atoms with Crippen LogP contribution in [0.3, 0.4) is 0 Å². The van der Waals surface area contributed by atoms with Crippen LogP contribution in [0, 0.1) is 0 Å². The Hall–Kier alpha value is 0.194. The lowest BCUT2D eigenvalue weighted by Gasteiger charge is -2.30. The van der Waals surface area contributed by atoms with E-state index in [-0.39, 0.29) is 5.41 Å². The van der Waals surface area contributed by atoms with E-state index in [9.17, 15) is 0 Å². The Bertz CT molecular complexity index is 361. The van der Waals surface area contributed by atoms with Crippen LogP contribution < -0.4 is 5.32 Å². The van der Waals surface area contributed by atoms with Gasteiger partial charge in [-0.15, -0.1) is 0 Å². The van der Waals surface area contributed by atoms with E-state index in [1.165, 1.54) is 12.5 Å². The second-order valence-corrected chi connectivity index (χ2v) is 13.6. The zero-order valence-electron chi connectivity index (χ0n) is 21.6. The predicted molar refractivity (Wildman–Crippen MR) is 136 cm³/mol. The highest BCUT2D eigenvalue weighted by molar-refractivity contribution is 6.60. The number of hydrogen-bond acceptors (Lipinski definition) is 6. The van der Waals surface area contributed by atoms with E-state index in [2.05, 4.69) is 46.9 Å². The summed E-state index contributed by atoms with van der Waals surface area (Å²) >= 11 is 0. The number of rotatable bonds is 24. The molecule has 0 rings (SSSR count). The molecule has 0 aromatic heterocycles. The van der Waals surface area contributed by atoms with E-state index >= 15 is 0 Å². The summed E-state index contributed by atoms with van der Waals surface area (Å²) < 4.78 is 30.6. The normalized spacial score (nSPS) is 13.0. The maximum Gasteiger partial charge on any atom is 0.501 e. The van der Waals surface area contributed by atoms with Gasteiger partial charge in [-0.3, -0.25) is 0 Å². The summed E-state index contributed by atoms with van der Waals surface area (Å²) in [6.45, 7) is 18.6. The highest BCUT2D eigenvalue weighted by Crippen LogP contribution is 2.19. The third-order valence-electron chi connectivity index (χ3n) is 4.87. The van der Waals surface area contributed by atoms with Crippen molar-refractivity contribution in [1.29, 1.82) is 0 Å². The lowest BCUT2D eigenvalue weighted by molar-refractivity contribution is -0.169. The van der Waals surface area contributed by atoms with Crippen molar-refractivity contribution in [3.8, 4) is 0 Å². The van der Waals surface area contributed by atoms with Crippen molar-refractivity contribution in [1.82, 2.24) is 5.32 Å².